The third-order valence-electron chi connectivity index (χ3n) is 5.45. The van der Waals surface area contributed by atoms with Crippen molar-refractivity contribution < 1.29 is 9.59 Å². The van der Waals surface area contributed by atoms with Crippen LogP contribution in [0.15, 0.2) is 72.8 Å². The van der Waals surface area contributed by atoms with Gasteiger partial charge in [-0.3, -0.25) is 9.59 Å². The maximum atomic E-state index is 13.7. The fraction of sp³-hybridized carbons (Fsp3) is 0.259. The largest absolute Gasteiger partial charge is 0.355 e. The lowest BCUT2D eigenvalue weighted by Gasteiger charge is -2.32. The molecule has 1 atom stereocenters. The molecule has 33 heavy (non-hydrogen) atoms. The number of amides is 2. The summed E-state index contributed by atoms with van der Waals surface area (Å²) in [5.74, 6) is -0.397. The SMILES string of the molecule is CCNC(=O)[C@H](Cc1ccccc1)N(Cc1cccc(C)c1)C(=O)Cc1c(Cl)cccc1Cl. The highest BCUT2D eigenvalue weighted by molar-refractivity contribution is 6.36. The van der Waals surface area contributed by atoms with Gasteiger partial charge in [-0.1, -0.05) is 89.4 Å². The van der Waals surface area contributed by atoms with Gasteiger partial charge in [0.2, 0.25) is 11.8 Å². The molecule has 3 aromatic carbocycles. The standard InChI is InChI=1S/C27H28Cl2N2O2/c1-3-30-27(33)25(16-20-10-5-4-6-11-20)31(18-21-12-7-9-19(2)15-21)26(32)17-22-23(28)13-8-14-24(22)29/h4-15,25H,3,16-18H2,1-2H3,(H,30,33)/t25-/m0/s1. The Kier molecular flexibility index (Phi) is 8.93. The summed E-state index contributed by atoms with van der Waals surface area (Å²) >= 11 is 12.7. The first-order valence-corrected chi connectivity index (χ1v) is 11.7. The summed E-state index contributed by atoms with van der Waals surface area (Å²) in [7, 11) is 0. The Hall–Kier alpha value is -2.82. The molecule has 3 rings (SSSR count). The van der Waals surface area contributed by atoms with E-state index in [0.717, 1.165) is 16.7 Å². The number of halogens is 2. The molecular weight excluding hydrogens is 455 g/mol. The number of nitrogens with one attached hydrogen (secondary N) is 1. The number of rotatable bonds is 9. The predicted octanol–water partition coefficient (Wildman–Crippen LogP) is 5.62. The van der Waals surface area contributed by atoms with Crippen LogP contribution >= 0.6 is 23.2 Å². The third-order valence-corrected chi connectivity index (χ3v) is 6.16. The van der Waals surface area contributed by atoms with Crippen LogP contribution in [0.3, 0.4) is 0 Å². The van der Waals surface area contributed by atoms with Crippen LogP contribution in [0.25, 0.3) is 0 Å². The van der Waals surface area contributed by atoms with Crippen molar-refractivity contribution in [1.29, 1.82) is 0 Å². The first kappa shape index (κ1) is 24.8. The fourth-order valence-electron chi connectivity index (χ4n) is 3.81. The van der Waals surface area contributed by atoms with E-state index in [1.165, 1.54) is 0 Å². The van der Waals surface area contributed by atoms with Gasteiger partial charge in [0.25, 0.3) is 0 Å². The lowest BCUT2D eigenvalue weighted by molar-refractivity contribution is -0.140. The van der Waals surface area contributed by atoms with E-state index in [1.807, 2.05) is 68.4 Å². The molecular formula is C27H28Cl2N2O2. The number of likely N-dealkylation sites (N-methyl/N-ethyl adjacent to an activating group) is 1. The van der Waals surface area contributed by atoms with Crippen molar-refractivity contribution in [1.82, 2.24) is 10.2 Å². The lowest BCUT2D eigenvalue weighted by atomic mass is 10.0. The summed E-state index contributed by atoms with van der Waals surface area (Å²) < 4.78 is 0. The van der Waals surface area contributed by atoms with E-state index in [0.29, 0.717) is 35.1 Å². The Morgan fingerprint density at radius 3 is 2.18 bits per heavy atom. The van der Waals surface area contributed by atoms with Crippen molar-refractivity contribution in [3.63, 3.8) is 0 Å². The molecule has 172 valence electrons. The van der Waals surface area contributed by atoms with Gasteiger partial charge in [-0.2, -0.15) is 0 Å². The van der Waals surface area contributed by atoms with Crippen LogP contribution in [0, 0.1) is 6.92 Å². The van der Waals surface area contributed by atoms with Gasteiger partial charge < -0.3 is 10.2 Å². The highest BCUT2D eigenvalue weighted by atomic mass is 35.5. The molecule has 0 spiro atoms. The van der Waals surface area contributed by atoms with Gasteiger partial charge >= 0.3 is 0 Å². The van der Waals surface area contributed by atoms with Crippen molar-refractivity contribution in [2.45, 2.75) is 39.3 Å². The minimum atomic E-state index is -0.679. The predicted molar refractivity (Wildman–Crippen MR) is 135 cm³/mol. The van der Waals surface area contributed by atoms with E-state index >= 15 is 0 Å². The Labute approximate surface area is 205 Å². The molecule has 0 aliphatic heterocycles. The Morgan fingerprint density at radius 2 is 1.55 bits per heavy atom. The van der Waals surface area contributed by atoms with Crippen LogP contribution < -0.4 is 5.32 Å². The number of carbonyl (C=O) groups is 2. The van der Waals surface area contributed by atoms with Crippen molar-refractivity contribution in [2.24, 2.45) is 0 Å². The van der Waals surface area contributed by atoms with Gasteiger partial charge in [-0.15, -0.1) is 0 Å². The zero-order chi connectivity index (χ0) is 23.8. The van der Waals surface area contributed by atoms with Crippen molar-refractivity contribution >= 4 is 35.0 Å². The van der Waals surface area contributed by atoms with E-state index in [1.54, 1.807) is 23.1 Å². The van der Waals surface area contributed by atoms with Crippen LogP contribution in [0.2, 0.25) is 10.0 Å². The topological polar surface area (TPSA) is 49.4 Å². The van der Waals surface area contributed by atoms with E-state index < -0.39 is 6.04 Å². The molecule has 0 bridgehead atoms. The van der Waals surface area contributed by atoms with Gasteiger partial charge in [-0.25, -0.2) is 0 Å². The molecule has 0 aromatic heterocycles. The smallest absolute Gasteiger partial charge is 0.243 e. The second kappa shape index (κ2) is 11.9. The molecule has 0 saturated heterocycles. The second-order valence-corrected chi connectivity index (χ2v) is 8.80. The van der Waals surface area contributed by atoms with Gasteiger partial charge in [0.1, 0.15) is 6.04 Å². The maximum absolute atomic E-state index is 13.7. The van der Waals surface area contributed by atoms with E-state index in [-0.39, 0.29) is 18.2 Å². The normalized spacial score (nSPS) is 11.6. The molecule has 0 heterocycles. The van der Waals surface area contributed by atoms with Crippen LogP contribution in [0.1, 0.15) is 29.2 Å². The minimum Gasteiger partial charge on any atom is -0.355 e. The van der Waals surface area contributed by atoms with E-state index in [4.69, 9.17) is 23.2 Å². The highest BCUT2D eigenvalue weighted by Crippen LogP contribution is 2.26. The van der Waals surface area contributed by atoms with E-state index in [9.17, 15) is 9.59 Å². The summed E-state index contributed by atoms with van der Waals surface area (Å²) in [6.07, 6.45) is 0.412. The Morgan fingerprint density at radius 1 is 0.909 bits per heavy atom. The van der Waals surface area contributed by atoms with Crippen LogP contribution in [-0.4, -0.2) is 29.3 Å². The number of hydrogen-bond donors (Lipinski definition) is 1. The number of nitrogens with zero attached hydrogens (tertiary/aromatic N) is 1. The van der Waals surface area contributed by atoms with Gasteiger partial charge in [-0.05, 0) is 42.7 Å². The number of carbonyl (C=O) groups excluding carboxylic acids is 2. The quantitative estimate of drug-likeness (QED) is 0.430. The average Bonchev–Trinajstić information content (AvgIpc) is 2.79. The zero-order valence-electron chi connectivity index (χ0n) is 18.9. The monoisotopic (exact) mass is 482 g/mol. The van der Waals surface area contributed by atoms with Crippen molar-refractivity contribution in [2.75, 3.05) is 6.54 Å². The molecule has 0 saturated carbocycles. The molecule has 0 unspecified atom stereocenters. The summed E-state index contributed by atoms with van der Waals surface area (Å²) in [6.45, 7) is 4.66. The summed E-state index contributed by atoms with van der Waals surface area (Å²) in [6, 6.07) is 22.2. The summed E-state index contributed by atoms with van der Waals surface area (Å²) in [4.78, 5) is 28.5. The average molecular weight is 483 g/mol. The van der Waals surface area contributed by atoms with Crippen LogP contribution in [0.5, 0.6) is 0 Å². The molecule has 2 amide bonds. The van der Waals surface area contributed by atoms with Crippen LogP contribution in [0.4, 0.5) is 0 Å². The molecule has 4 nitrogen and oxygen atoms in total. The molecule has 0 aliphatic carbocycles. The Balaban J connectivity index is 1.99. The third kappa shape index (κ3) is 6.83. The molecule has 1 N–H and O–H groups in total. The maximum Gasteiger partial charge on any atom is 0.243 e. The second-order valence-electron chi connectivity index (χ2n) is 7.99. The molecule has 0 fully saturated rings. The Bertz CT molecular complexity index is 1080. The summed E-state index contributed by atoms with van der Waals surface area (Å²) in [5.41, 5.74) is 3.59. The number of hydrogen-bond acceptors (Lipinski definition) is 2. The van der Waals surface area contributed by atoms with Crippen molar-refractivity contribution in [3.05, 3.63) is 105 Å². The van der Waals surface area contributed by atoms with Gasteiger partial charge in [0, 0.05) is 29.6 Å². The molecule has 6 heteroatoms. The lowest BCUT2D eigenvalue weighted by Crippen LogP contribution is -2.51. The van der Waals surface area contributed by atoms with Crippen LogP contribution in [-0.2, 0) is 29.0 Å². The highest BCUT2D eigenvalue weighted by Gasteiger charge is 2.30. The summed E-state index contributed by atoms with van der Waals surface area (Å²) in [5, 5.41) is 3.77. The fourth-order valence-corrected chi connectivity index (χ4v) is 4.34. The number of benzene rings is 3. The first-order chi connectivity index (χ1) is 15.9. The van der Waals surface area contributed by atoms with Gasteiger partial charge in [0.05, 0.1) is 6.42 Å². The minimum absolute atomic E-state index is 0.00895. The zero-order valence-corrected chi connectivity index (χ0v) is 20.4. The number of aryl methyl sites for hydroxylation is 1. The van der Waals surface area contributed by atoms with E-state index in [2.05, 4.69) is 5.32 Å². The molecule has 0 aliphatic rings. The first-order valence-electron chi connectivity index (χ1n) is 11.0. The molecule has 0 radical (unpaired) electrons. The van der Waals surface area contributed by atoms with Gasteiger partial charge in [0.15, 0.2) is 0 Å². The van der Waals surface area contributed by atoms with Crippen molar-refractivity contribution in [3.8, 4) is 0 Å². The molecule has 3 aromatic rings.